The van der Waals surface area contributed by atoms with Crippen LogP contribution in [0.25, 0.3) is 0 Å². The van der Waals surface area contributed by atoms with Crippen molar-refractivity contribution in [3.8, 4) is 0 Å². The van der Waals surface area contributed by atoms with Crippen LogP contribution in [0.4, 0.5) is 4.39 Å². The van der Waals surface area contributed by atoms with Crippen LogP contribution in [-0.2, 0) is 8.85 Å². The third-order valence-corrected chi connectivity index (χ3v) is 17.6. The molecular formula is C31H45FO2Si2. The van der Waals surface area contributed by atoms with Crippen LogP contribution in [0, 0.1) is 0 Å². The fourth-order valence-electron chi connectivity index (χ4n) is 4.96. The lowest BCUT2D eigenvalue weighted by Crippen LogP contribution is -2.66. The van der Waals surface area contributed by atoms with Gasteiger partial charge in [0.1, 0.15) is 6.17 Å². The highest BCUT2D eigenvalue weighted by molar-refractivity contribution is 6.99. The summed E-state index contributed by atoms with van der Waals surface area (Å²) >= 11 is 0. The molecule has 0 amide bonds. The van der Waals surface area contributed by atoms with Gasteiger partial charge in [0.05, 0.1) is 12.7 Å². The highest BCUT2D eigenvalue weighted by atomic mass is 28.4. The van der Waals surface area contributed by atoms with Crippen LogP contribution in [0.2, 0.25) is 23.2 Å². The highest BCUT2D eigenvalue weighted by Gasteiger charge is 2.50. The third kappa shape index (κ3) is 6.01. The Morgan fingerprint density at radius 1 is 0.889 bits per heavy atom. The first kappa shape index (κ1) is 28.8. The molecule has 0 bridgehead atoms. The zero-order valence-corrected chi connectivity index (χ0v) is 25.5. The van der Waals surface area contributed by atoms with E-state index in [1.807, 2.05) is 12.1 Å². The number of allylic oxidation sites excluding steroid dienone is 1. The molecule has 0 N–H and O–H groups in total. The third-order valence-electron chi connectivity index (χ3n) is 8.02. The molecule has 0 spiro atoms. The maximum atomic E-state index is 15.1. The molecule has 1 aliphatic carbocycles. The molecule has 1 fully saturated rings. The van der Waals surface area contributed by atoms with E-state index in [0.29, 0.717) is 25.0 Å². The molecule has 2 aromatic rings. The first-order valence-electron chi connectivity index (χ1n) is 13.1. The zero-order chi connectivity index (χ0) is 26.8. The van der Waals surface area contributed by atoms with Crippen LogP contribution < -0.4 is 10.4 Å². The van der Waals surface area contributed by atoms with Crippen molar-refractivity contribution in [1.82, 2.24) is 0 Å². The molecule has 0 radical (unpaired) electrons. The van der Waals surface area contributed by atoms with Gasteiger partial charge in [0.25, 0.3) is 8.32 Å². The fourth-order valence-corrected chi connectivity index (χ4v) is 10.8. The van der Waals surface area contributed by atoms with Gasteiger partial charge in [-0.25, -0.2) is 4.39 Å². The predicted octanol–water partition coefficient (Wildman–Crippen LogP) is 7.57. The average Bonchev–Trinajstić information content (AvgIpc) is 2.79. The van der Waals surface area contributed by atoms with Gasteiger partial charge >= 0.3 is 0 Å². The van der Waals surface area contributed by atoms with Gasteiger partial charge in [0.2, 0.25) is 0 Å². The maximum absolute atomic E-state index is 15.1. The Morgan fingerprint density at radius 2 is 1.39 bits per heavy atom. The van der Waals surface area contributed by atoms with Crippen LogP contribution in [0.3, 0.4) is 0 Å². The topological polar surface area (TPSA) is 18.5 Å². The molecule has 5 heteroatoms. The summed E-state index contributed by atoms with van der Waals surface area (Å²) in [5, 5.41) is 2.47. The molecule has 36 heavy (non-hydrogen) atoms. The summed E-state index contributed by atoms with van der Waals surface area (Å²) in [6, 6.07) is 21.2. The smallest absolute Gasteiger partial charge is 0.261 e. The number of rotatable bonds is 7. The number of halogens is 1. The van der Waals surface area contributed by atoms with E-state index in [-0.39, 0.29) is 16.2 Å². The summed E-state index contributed by atoms with van der Waals surface area (Å²) < 4.78 is 28.7. The lowest BCUT2D eigenvalue weighted by molar-refractivity contribution is 0.131. The second kappa shape index (κ2) is 10.9. The highest BCUT2D eigenvalue weighted by Crippen LogP contribution is 2.41. The summed E-state index contributed by atoms with van der Waals surface area (Å²) in [7, 11) is -4.64. The fraction of sp³-hybridized carbons (Fsp3) is 0.484. The SMILES string of the molecule is C=C1/C(=C/CO[Si](c2ccccc2)(c2ccccc2)C(C)(C)C)C[C@@H](O[Si](C)(C)C(C)(C)C)C[C@H]1[18F]. The molecule has 0 saturated heterocycles. The summed E-state index contributed by atoms with van der Waals surface area (Å²) in [5.41, 5.74) is 1.52. The minimum atomic E-state index is -2.65. The standard InChI is InChI=1S/C31H45FO2Si2/c1-24-25(22-26(23-29(24)32)34-35(8,9)30(2,3)4)20-21-33-36(31(5,6)7,27-16-12-10-13-17-27)28-18-14-11-15-19-28/h10-20,26,29H,1,21-23H2,2-9H3/b25-20+/t26-,29-/m1/s1/i32-1. The largest absolute Gasteiger partial charge is 0.413 e. The van der Waals surface area contributed by atoms with Crippen molar-refractivity contribution >= 4 is 27.0 Å². The molecular weight excluding hydrogens is 479 g/mol. The van der Waals surface area contributed by atoms with Crippen molar-refractivity contribution in [2.24, 2.45) is 0 Å². The van der Waals surface area contributed by atoms with Crippen molar-refractivity contribution in [1.29, 1.82) is 0 Å². The maximum Gasteiger partial charge on any atom is 0.261 e. The van der Waals surface area contributed by atoms with Crippen molar-refractivity contribution in [3.63, 3.8) is 0 Å². The van der Waals surface area contributed by atoms with E-state index >= 15 is 4.39 Å². The number of hydrogen-bond donors (Lipinski definition) is 0. The lowest BCUT2D eigenvalue weighted by Gasteiger charge is -2.43. The van der Waals surface area contributed by atoms with Crippen molar-refractivity contribution in [2.75, 3.05) is 6.61 Å². The molecule has 0 aliphatic heterocycles. The van der Waals surface area contributed by atoms with E-state index in [9.17, 15) is 0 Å². The summed E-state index contributed by atoms with van der Waals surface area (Å²) in [5.74, 6) is 0. The number of benzene rings is 2. The second-order valence-electron chi connectivity index (χ2n) is 12.6. The van der Waals surface area contributed by atoms with Crippen molar-refractivity contribution in [2.45, 2.75) is 89.8 Å². The Kier molecular flexibility index (Phi) is 8.71. The molecule has 0 unspecified atom stereocenters. The zero-order valence-electron chi connectivity index (χ0n) is 23.5. The minimum Gasteiger partial charge on any atom is -0.413 e. The quantitative estimate of drug-likeness (QED) is 0.349. The Balaban J connectivity index is 1.92. The van der Waals surface area contributed by atoms with E-state index < -0.39 is 22.8 Å². The van der Waals surface area contributed by atoms with Crippen LogP contribution in [0.1, 0.15) is 54.4 Å². The molecule has 2 atom stereocenters. The van der Waals surface area contributed by atoms with Gasteiger partial charge in [-0.2, -0.15) is 0 Å². The van der Waals surface area contributed by atoms with E-state index in [4.69, 9.17) is 8.85 Å². The van der Waals surface area contributed by atoms with E-state index in [2.05, 4.69) is 116 Å². The predicted molar refractivity (Wildman–Crippen MR) is 157 cm³/mol. The van der Waals surface area contributed by atoms with E-state index in [1.54, 1.807) is 0 Å². The van der Waals surface area contributed by atoms with Gasteiger partial charge in [0.15, 0.2) is 8.32 Å². The Labute approximate surface area is 220 Å². The van der Waals surface area contributed by atoms with E-state index in [1.165, 1.54) is 10.4 Å². The Bertz CT molecular complexity index is 1010. The molecule has 1 saturated carbocycles. The van der Waals surface area contributed by atoms with Gasteiger partial charge in [-0.15, -0.1) is 0 Å². The van der Waals surface area contributed by atoms with Gasteiger partial charge in [-0.1, -0.05) is 115 Å². The normalized spacial score (nSPS) is 21.1. The minimum absolute atomic E-state index is 0.0868. The van der Waals surface area contributed by atoms with Gasteiger partial charge in [-0.05, 0) is 51.1 Å². The van der Waals surface area contributed by atoms with Crippen LogP contribution in [0.5, 0.6) is 0 Å². The molecule has 0 heterocycles. The summed E-state index contributed by atoms with van der Waals surface area (Å²) in [6.45, 7) is 22.5. The van der Waals surface area contributed by atoms with Gasteiger partial charge in [-0.3, -0.25) is 0 Å². The average molecular weight is 524 g/mol. The van der Waals surface area contributed by atoms with Crippen LogP contribution in [0.15, 0.2) is 84.5 Å². The van der Waals surface area contributed by atoms with Gasteiger partial charge in [0, 0.05) is 6.42 Å². The number of alkyl halides is 1. The molecule has 2 aromatic carbocycles. The van der Waals surface area contributed by atoms with Gasteiger partial charge < -0.3 is 8.85 Å². The molecule has 1 aliphatic rings. The van der Waals surface area contributed by atoms with Crippen molar-refractivity contribution < 1.29 is 13.2 Å². The van der Waals surface area contributed by atoms with Crippen LogP contribution >= 0.6 is 0 Å². The number of hydrogen-bond acceptors (Lipinski definition) is 2. The van der Waals surface area contributed by atoms with Crippen LogP contribution in [-0.4, -0.2) is 35.5 Å². The molecule has 2 nitrogen and oxygen atoms in total. The summed E-state index contributed by atoms with van der Waals surface area (Å²) in [4.78, 5) is 0. The van der Waals surface area contributed by atoms with Crippen molar-refractivity contribution in [3.05, 3.63) is 84.5 Å². The first-order valence-corrected chi connectivity index (χ1v) is 18.0. The Morgan fingerprint density at radius 3 is 1.83 bits per heavy atom. The Hall–Kier alpha value is -1.80. The molecule has 3 rings (SSSR count). The lowest BCUT2D eigenvalue weighted by atomic mass is 9.87. The molecule has 196 valence electrons. The monoisotopic (exact) mass is 523 g/mol. The first-order chi connectivity index (χ1) is 16.7. The second-order valence-corrected chi connectivity index (χ2v) is 21.7. The summed E-state index contributed by atoms with van der Waals surface area (Å²) in [6.07, 6.45) is 1.95. The molecule has 0 aromatic heterocycles. The van der Waals surface area contributed by atoms with E-state index in [0.717, 1.165) is 5.57 Å².